The van der Waals surface area contributed by atoms with Gasteiger partial charge < -0.3 is 9.80 Å². The van der Waals surface area contributed by atoms with Crippen molar-refractivity contribution in [3.63, 3.8) is 0 Å². The molecule has 3 aromatic heterocycles. The first-order valence-corrected chi connectivity index (χ1v) is 9.60. The van der Waals surface area contributed by atoms with Gasteiger partial charge in [0.1, 0.15) is 11.7 Å². The summed E-state index contributed by atoms with van der Waals surface area (Å²) in [4.78, 5) is 14.3. The molecule has 0 aliphatic carbocycles. The third-order valence-corrected chi connectivity index (χ3v) is 5.80. The van der Waals surface area contributed by atoms with Crippen molar-refractivity contribution in [2.24, 2.45) is 0 Å². The Morgan fingerprint density at radius 3 is 2.71 bits per heavy atom. The fourth-order valence-electron chi connectivity index (χ4n) is 4.31. The first-order chi connectivity index (χ1) is 13.6. The molecule has 1 aliphatic rings. The molecular formula is C22H22N6. The molecule has 1 aromatic carbocycles. The average Bonchev–Trinajstić information content (AvgIpc) is 3.32. The number of anilines is 1. The molecule has 28 heavy (non-hydrogen) atoms. The monoisotopic (exact) mass is 370 g/mol. The highest BCUT2D eigenvalue weighted by Gasteiger charge is 2.26. The number of benzene rings is 1. The summed E-state index contributed by atoms with van der Waals surface area (Å²) in [6.45, 7) is 4.02. The molecule has 6 nitrogen and oxygen atoms in total. The number of fused-ring (bicyclic) bond motifs is 5. The first kappa shape index (κ1) is 17.0. The molecule has 140 valence electrons. The normalized spacial score (nSPS) is 17.2. The van der Waals surface area contributed by atoms with Crippen molar-refractivity contribution >= 4 is 33.4 Å². The quantitative estimate of drug-likeness (QED) is 0.541. The molecule has 0 amide bonds. The van der Waals surface area contributed by atoms with Crippen molar-refractivity contribution in [2.45, 2.75) is 19.4 Å². The SMILES string of the molecule is Cc1cc(N2CC[C@@H](N(C)C)C2)c2cc(C#N)c3nc4ccccc4n3c2n1. The van der Waals surface area contributed by atoms with Crippen LogP contribution in [0.4, 0.5) is 5.69 Å². The minimum atomic E-state index is 0.539. The van der Waals surface area contributed by atoms with E-state index in [2.05, 4.69) is 36.0 Å². The van der Waals surface area contributed by atoms with Crippen LogP contribution in [-0.2, 0) is 0 Å². The molecule has 0 spiro atoms. The fraction of sp³-hybridized carbons (Fsp3) is 0.318. The molecule has 0 N–H and O–H groups in total. The summed E-state index contributed by atoms with van der Waals surface area (Å²) in [5.41, 5.74) is 6.11. The summed E-state index contributed by atoms with van der Waals surface area (Å²) in [6.07, 6.45) is 1.14. The summed E-state index contributed by atoms with van der Waals surface area (Å²) in [5.74, 6) is 0. The van der Waals surface area contributed by atoms with E-state index in [1.165, 1.54) is 0 Å². The van der Waals surface area contributed by atoms with E-state index in [1.807, 2.05) is 41.7 Å². The Bertz CT molecular complexity index is 1260. The van der Waals surface area contributed by atoms with Gasteiger partial charge in [0, 0.05) is 35.9 Å². The largest absolute Gasteiger partial charge is 0.369 e. The summed E-state index contributed by atoms with van der Waals surface area (Å²) in [5, 5.41) is 10.8. The van der Waals surface area contributed by atoms with Crippen LogP contribution < -0.4 is 4.90 Å². The molecule has 5 rings (SSSR count). The Hall–Kier alpha value is -3.17. The van der Waals surface area contributed by atoms with Crippen molar-refractivity contribution in [3.05, 3.63) is 47.7 Å². The van der Waals surface area contributed by atoms with Crippen LogP contribution in [0.25, 0.3) is 27.7 Å². The van der Waals surface area contributed by atoms with E-state index in [9.17, 15) is 5.26 Å². The van der Waals surface area contributed by atoms with Crippen LogP contribution in [0.2, 0.25) is 0 Å². The van der Waals surface area contributed by atoms with Gasteiger partial charge in [0.2, 0.25) is 0 Å². The van der Waals surface area contributed by atoms with Gasteiger partial charge in [-0.05, 0) is 51.7 Å². The second-order valence-corrected chi connectivity index (χ2v) is 7.80. The zero-order valence-corrected chi connectivity index (χ0v) is 16.3. The van der Waals surface area contributed by atoms with Gasteiger partial charge in [-0.2, -0.15) is 5.26 Å². The summed E-state index contributed by atoms with van der Waals surface area (Å²) >= 11 is 0. The van der Waals surface area contributed by atoms with Gasteiger partial charge >= 0.3 is 0 Å². The van der Waals surface area contributed by atoms with Gasteiger partial charge in [-0.3, -0.25) is 4.40 Å². The molecular weight excluding hydrogens is 348 g/mol. The third-order valence-electron chi connectivity index (χ3n) is 5.80. The van der Waals surface area contributed by atoms with Gasteiger partial charge in [-0.25, -0.2) is 9.97 Å². The highest BCUT2D eigenvalue weighted by atomic mass is 15.2. The van der Waals surface area contributed by atoms with Crippen LogP contribution in [0.15, 0.2) is 36.4 Å². The number of aromatic nitrogens is 3. The molecule has 0 radical (unpaired) electrons. The molecule has 1 saturated heterocycles. The lowest BCUT2D eigenvalue weighted by atomic mass is 10.1. The molecule has 1 atom stereocenters. The number of hydrogen-bond donors (Lipinski definition) is 0. The van der Waals surface area contributed by atoms with E-state index in [4.69, 9.17) is 9.97 Å². The highest BCUT2D eigenvalue weighted by molar-refractivity contribution is 5.97. The zero-order valence-electron chi connectivity index (χ0n) is 16.3. The first-order valence-electron chi connectivity index (χ1n) is 9.60. The van der Waals surface area contributed by atoms with Crippen molar-refractivity contribution in [3.8, 4) is 6.07 Å². The maximum atomic E-state index is 9.80. The van der Waals surface area contributed by atoms with Crippen molar-refractivity contribution in [2.75, 3.05) is 32.1 Å². The summed E-state index contributed by atoms with van der Waals surface area (Å²) in [7, 11) is 4.28. The number of nitriles is 1. The van der Waals surface area contributed by atoms with Crippen LogP contribution in [0.5, 0.6) is 0 Å². The number of imidazole rings is 1. The standard InChI is InChI=1S/C22H22N6/c1-14-10-20(27-9-8-16(13-27)26(2)3)17-11-15(12-23)21-25-18-6-4-5-7-19(18)28(21)22(17)24-14/h4-7,10-11,16H,8-9,13H2,1-3H3/t16-/m1/s1. The Kier molecular flexibility index (Phi) is 3.74. The van der Waals surface area contributed by atoms with Gasteiger partial charge in [0.05, 0.1) is 16.6 Å². The van der Waals surface area contributed by atoms with Crippen LogP contribution >= 0.6 is 0 Å². The Morgan fingerprint density at radius 1 is 1.14 bits per heavy atom. The molecule has 4 aromatic rings. The van der Waals surface area contributed by atoms with E-state index < -0.39 is 0 Å². The summed E-state index contributed by atoms with van der Waals surface area (Å²) < 4.78 is 2.04. The smallest absolute Gasteiger partial charge is 0.157 e. The van der Waals surface area contributed by atoms with Crippen LogP contribution in [0.3, 0.4) is 0 Å². The lowest BCUT2D eigenvalue weighted by Gasteiger charge is -2.23. The number of para-hydroxylation sites is 2. The number of pyridine rings is 2. The lowest BCUT2D eigenvalue weighted by molar-refractivity contribution is 0.315. The van der Waals surface area contributed by atoms with Crippen LogP contribution in [0.1, 0.15) is 17.7 Å². The van der Waals surface area contributed by atoms with Gasteiger partial charge in [-0.1, -0.05) is 12.1 Å². The van der Waals surface area contributed by atoms with Gasteiger partial charge in [0.25, 0.3) is 0 Å². The van der Waals surface area contributed by atoms with E-state index in [0.29, 0.717) is 17.3 Å². The van der Waals surface area contributed by atoms with Crippen LogP contribution in [-0.4, -0.2) is 52.5 Å². The maximum absolute atomic E-state index is 9.80. The molecule has 4 heterocycles. The lowest BCUT2D eigenvalue weighted by Crippen LogP contribution is -2.31. The minimum absolute atomic E-state index is 0.539. The molecule has 1 aliphatic heterocycles. The Labute approximate surface area is 163 Å². The van der Waals surface area contributed by atoms with Crippen molar-refractivity contribution in [1.29, 1.82) is 5.26 Å². The minimum Gasteiger partial charge on any atom is -0.369 e. The van der Waals surface area contributed by atoms with E-state index in [-0.39, 0.29) is 0 Å². The number of aryl methyl sites for hydroxylation is 1. The van der Waals surface area contributed by atoms with Crippen molar-refractivity contribution in [1.82, 2.24) is 19.3 Å². The predicted octanol–water partition coefficient (Wildman–Crippen LogP) is 3.36. The predicted molar refractivity (Wildman–Crippen MR) is 112 cm³/mol. The third kappa shape index (κ3) is 2.44. The second kappa shape index (κ2) is 6.18. The van der Waals surface area contributed by atoms with Gasteiger partial charge in [0.15, 0.2) is 5.65 Å². The highest BCUT2D eigenvalue weighted by Crippen LogP contribution is 2.33. The summed E-state index contributed by atoms with van der Waals surface area (Å²) in [6, 6.07) is 15.0. The average molecular weight is 370 g/mol. The zero-order chi connectivity index (χ0) is 19.4. The van der Waals surface area contributed by atoms with Gasteiger partial charge in [-0.15, -0.1) is 0 Å². The Morgan fingerprint density at radius 2 is 1.96 bits per heavy atom. The topological polar surface area (TPSA) is 60.5 Å². The maximum Gasteiger partial charge on any atom is 0.157 e. The fourth-order valence-corrected chi connectivity index (χ4v) is 4.31. The molecule has 0 saturated carbocycles. The molecule has 6 heteroatoms. The number of hydrogen-bond acceptors (Lipinski definition) is 5. The molecule has 0 bridgehead atoms. The Balaban J connectivity index is 1.84. The van der Waals surface area contributed by atoms with E-state index in [1.54, 1.807) is 0 Å². The molecule has 0 unspecified atom stereocenters. The second-order valence-electron chi connectivity index (χ2n) is 7.80. The number of nitrogens with zero attached hydrogens (tertiary/aromatic N) is 6. The number of likely N-dealkylation sites (N-methyl/N-ethyl adjacent to an activating group) is 1. The van der Waals surface area contributed by atoms with Crippen molar-refractivity contribution < 1.29 is 0 Å². The van der Waals surface area contributed by atoms with E-state index >= 15 is 0 Å². The van der Waals surface area contributed by atoms with Crippen LogP contribution in [0, 0.1) is 18.3 Å². The van der Waals surface area contributed by atoms with E-state index in [0.717, 1.165) is 53.0 Å². The number of rotatable bonds is 2. The molecule has 1 fully saturated rings.